The van der Waals surface area contributed by atoms with E-state index in [4.69, 9.17) is 0 Å². The zero-order valence-corrected chi connectivity index (χ0v) is 12.6. The quantitative estimate of drug-likeness (QED) is 0.885. The lowest BCUT2D eigenvalue weighted by atomic mass is 10.0. The van der Waals surface area contributed by atoms with Crippen molar-refractivity contribution in [1.29, 1.82) is 0 Å². The van der Waals surface area contributed by atoms with Crippen LogP contribution in [-0.2, 0) is 6.54 Å². The van der Waals surface area contributed by atoms with Crippen molar-refractivity contribution in [2.75, 3.05) is 12.4 Å². The second-order valence-electron chi connectivity index (χ2n) is 5.13. The van der Waals surface area contributed by atoms with Crippen LogP contribution in [0.3, 0.4) is 0 Å². The highest BCUT2D eigenvalue weighted by Gasteiger charge is 2.07. The van der Waals surface area contributed by atoms with Crippen LogP contribution in [0, 0.1) is 0 Å². The Labute approximate surface area is 124 Å². The van der Waals surface area contributed by atoms with Crippen LogP contribution >= 0.6 is 0 Å². The Hall–Kier alpha value is -2.43. The number of carbonyl (C=O) groups is 1. The summed E-state index contributed by atoms with van der Waals surface area (Å²) in [7, 11) is 1.75. The minimum absolute atomic E-state index is 0.224. The number of aromatic nitrogens is 2. The number of nitrogens with one attached hydrogen (secondary N) is 2. The molecule has 2 rings (SSSR count). The molecule has 5 nitrogen and oxygen atoms in total. The summed E-state index contributed by atoms with van der Waals surface area (Å²) in [5, 5.41) is 13.5. The molecule has 1 heterocycles. The number of nitrogens with zero attached hydrogens (tertiary/aromatic N) is 2. The molecule has 110 valence electrons. The van der Waals surface area contributed by atoms with E-state index in [0.717, 1.165) is 5.56 Å². The topological polar surface area (TPSA) is 66.9 Å². The zero-order valence-electron chi connectivity index (χ0n) is 12.6. The number of hydrogen-bond acceptors (Lipinski definition) is 4. The number of anilines is 1. The largest absolute Gasteiger partial charge is 0.372 e. The van der Waals surface area contributed by atoms with Gasteiger partial charge in [-0.3, -0.25) is 4.79 Å². The first-order valence-corrected chi connectivity index (χ1v) is 6.98. The minimum Gasteiger partial charge on any atom is -0.372 e. The molecule has 1 aromatic carbocycles. The van der Waals surface area contributed by atoms with Crippen LogP contribution in [0.4, 0.5) is 5.82 Å². The molecule has 0 saturated carbocycles. The fourth-order valence-electron chi connectivity index (χ4n) is 1.88. The van der Waals surface area contributed by atoms with E-state index in [2.05, 4.69) is 46.8 Å². The summed E-state index contributed by atoms with van der Waals surface area (Å²) in [6, 6.07) is 11.6. The van der Waals surface area contributed by atoms with E-state index in [-0.39, 0.29) is 5.91 Å². The van der Waals surface area contributed by atoms with Gasteiger partial charge in [-0.2, -0.15) is 0 Å². The highest BCUT2D eigenvalue weighted by atomic mass is 16.1. The number of amides is 1. The molecule has 0 fully saturated rings. The van der Waals surface area contributed by atoms with Gasteiger partial charge in [-0.1, -0.05) is 38.1 Å². The third-order valence-corrected chi connectivity index (χ3v) is 3.25. The van der Waals surface area contributed by atoms with E-state index in [0.29, 0.717) is 24.0 Å². The van der Waals surface area contributed by atoms with E-state index in [1.54, 1.807) is 19.2 Å². The van der Waals surface area contributed by atoms with E-state index >= 15 is 0 Å². The van der Waals surface area contributed by atoms with Crippen molar-refractivity contribution in [2.45, 2.75) is 26.3 Å². The van der Waals surface area contributed by atoms with Gasteiger partial charge in [-0.15, -0.1) is 10.2 Å². The minimum atomic E-state index is -0.224. The highest BCUT2D eigenvalue weighted by molar-refractivity contribution is 5.92. The Morgan fingerprint density at radius 2 is 1.81 bits per heavy atom. The van der Waals surface area contributed by atoms with Crippen LogP contribution in [0.2, 0.25) is 0 Å². The smallest absolute Gasteiger partial charge is 0.272 e. The van der Waals surface area contributed by atoms with Crippen molar-refractivity contribution in [1.82, 2.24) is 15.5 Å². The van der Waals surface area contributed by atoms with Gasteiger partial charge in [0.25, 0.3) is 5.91 Å². The number of rotatable bonds is 5. The van der Waals surface area contributed by atoms with Crippen molar-refractivity contribution in [3.05, 3.63) is 53.2 Å². The number of benzene rings is 1. The third-order valence-electron chi connectivity index (χ3n) is 3.25. The first-order valence-electron chi connectivity index (χ1n) is 6.98. The van der Waals surface area contributed by atoms with Crippen molar-refractivity contribution in [3.8, 4) is 0 Å². The van der Waals surface area contributed by atoms with Crippen molar-refractivity contribution in [3.63, 3.8) is 0 Å². The normalized spacial score (nSPS) is 10.5. The summed E-state index contributed by atoms with van der Waals surface area (Å²) in [6.07, 6.45) is 0. The average Bonchev–Trinajstić information content (AvgIpc) is 2.53. The second kappa shape index (κ2) is 6.83. The molecule has 1 aromatic heterocycles. The summed E-state index contributed by atoms with van der Waals surface area (Å²) in [6.45, 7) is 4.79. The predicted molar refractivity (Wildman–Crippen MR) is 83.3 cm³/mol. The van der Waals surface area contributed by atoms with Crippen LogP contribution < -0.4 is 10.6 Å². The molecule has 0 saturated heterocycles. The van der Waals surface area contributed by atoms with Gasteiger partial charge in [0.15, 0.2) is 5.69 Å². The Morgan fingerprint density at radius 3 is 2.33 bits per heavy atom. The van der Waals surface area contributed by atoms with E-state index in [1.165, 1.54) is 5.56 Å². The van der Waals surface area contributed by atoms with Gasteiger partial charge in [0, 0.05) is 13.6 Å². The van der Waals surface area contributed by atoms with Crippen LogP contribution in [0.15, 0.2) is 36.4 Å². The Kier molecular flexibility index (Phi) is 4.87. The molecule has 1 amide bonds. The van der Waals surface area contributed by atoms with Gasteiger partial charge in [0.1, 0.15) is 5.82 Å². The first kappa shape index (κ1) is 15.0. The lowest BCUT2D eigenvalue weighted by Gasteiger charge is -2.08. The first-order chi connectivity index (χ1) is 10.1. The molecule has 5 heteroatoms. The molecule has 0 aliphatic rings. The fraction of sp³-hybridized carbons (Fsp3) is 0.312. The lowest BCUT2D eigenvalue weighted by molar-refractivity contribution is 0.0945. The summed E-state index contributed by atoms with van der Waals surface area (Å²) in [4.78, 5) is 12.0. The van der Waals surface area contributed by atoms with E-state index in [9.17, 15) is 4.79 Å². The Bertz CT molecular complexity index is 591. The van der Waals surface area contributed by atoms with E-state index < -0.39 is 0 Å². The molecule has 0 atom stereocenters. The fourth-order valence-corrected chi connectivity index (χ4v) is 1.88. The molecule has 0 unspecified atom stereocenters. The molecular weight excluding hydrogens is 264 g/mol. The van der Waals surface area contributed by atoms with Crippen molar-refractivity contribution >= 4 is 11.7 Å². The molecule has 2 aromatic rings. The molecule has 2 N–H and O–H groups in total. The maximum absolute atomic E-state index is 12.0. The van der Waals surface area contributed by atoms with Crippen molar-refractivity contribution < 1.29 is 4.79 Å². The third kappa shape index (κ3) is 4.02. The van der Waals surface area contributed by atoms with Gasteiger partial charge in [-0.25, -0.2) is 0 Å². The zero-order chi connectivity index (χ0) is 15.2. The van der Waals surface area contributed by atoms with Crippen LogP contribution in [-0.4, -0.2) is 23.2 Å². The molecule has 21 heavy (non-hydrogen) atoms. The Morgan fingerprint density at radius 1 is 1.10 bits per heavy atom. The molecule has 0 aliphatic carbocycles. The van der Waals surface area contributed by atoms with Crippen molar-refractivity contribution in [2.24, 2.45) is 0 Å². The van der Waals surface area contributed by atoms with Crippen LogP contribution in [0.1, 0.15) is 41.4 Å². The summed E-state index contributed by atoms with van der Waals surface area (Å²) >= 11 is 0. The molecular formula is C16H20N4O. The average molecular weight is 284 g/mol. The van der Waals surface area contributed by atoms with Crippen LogP contribution in [0.25, 0.3) is 0 Å². The summed E-state index contributed by atoms with van der Waals surface area (Å²) < 4.78 is 0. The van der Waals surface area contributed by atoms with Gasteiger partial charge < -0.3 is 10.6 Å². The maximum atomic E-state index is 12.0. The van der Waals surface area contributed by atoms with E-state index in [1.807, 2.05) is 12.1 Å². The van der Waals surface area contributed by atoms with Crippen LogP contribution in [0.5, 0.6) is 0 Å². The van der Waals surface area contributed by atoms with Gasteiger partial charge in [-0.05, 0) is 29.2 Å². The monoisotopic (exact) mass is 284 g/mol. The van der Waals surface area contributed by atoms with Gasteiger partial charge >= 0.3 is 0 Å². The van der Waals surface area contributed by atoms with Gasteiger partial charge in [0.2, 0.25) is 0 Å². The predicted octanol–water partition coefficient (Wildman–Crippen LogP) is 2.57. The standard InChI is InChI=1S/C16H20N4O/c1-11(2)13-6-4-12(5-7-13)10-18-16(21)14-8-9-15(17-3)20-19-14/h4-9,11H,10H2,1-3H3,(H,17,20)(H,18,21). The molecule has 0 bridgehead atoms. The summed E-state index contributed by atoms with van der Waals surface area (Å²) in [5.74, 6) is 0.920. The summed E-state index contributed by atoms with van der Waals surface area (Å²) in [5.41, 5.74) is 2.67. The number of hydrogen-bond donors (Lipinski definition) is 2. The van der Waals surface area contributed by atoms with Gasteiger partial charge in [0.05, 0.1) is 0 Å². The lowest BCUT2D eigenvalue weighted by Crippen LogP contribution is -2.24. The molecule has 0 radical (unpaired) electrons. The molecule has 0 spiro atoms. The Balaban J connectivity index is 1.93. The SMILES string of the molecule is CNc1ccc(C(=O)NCc2ccc(C(C)C)cc2)nn1. The maximum Gasteiger partial charge on any atom is 0.272 e. The number of carbonyl (C=O) groups excluding carboxylic acids is 1. The highest BCUT2D eigenvalue weighted by Crippen LogP contribution is 2.14. The second-order valence-corrected chi connectivity index (χ2v) is 5.13. The molecule has 0 aliphatic heterocycles.